The SMILES string of the molecule is COc1cccc2sc(N=Nc3ccccc3N(CCO)CCO)nc12. The Bertz CT molecular complexity index is 891. The van der Waals surface area contributed by atoms with Gasteiger partial charge in [-0.2, -0.15) is 0 Å². The van der Waals surface area contributed by atoms with Crippen molar-refractivity contribution in [2.45, 2.75) is 0 Å². The second kappa shape index (κ2) is 8.70. The largest absolute Gasteiger partial charge is 0.494 e. The van der Waals surface area contributed by atoms with Crippen molar-refractivity contribution >= 4 is 38.1 Å². The van der Waals surface area contributed by atoms with Gasteiger partial charge in [0.25, 0.3) is 0 Å². The summed E-state index contributed by atoms with van der Waals surface area (Å²) in [7, 11) is 1.61. The van der Waals surface area contributed by atoms with E-state index in [2.05, 4.69) is 15.2 Å². The molecule has 2 aromatic carbocycles. The Morgan fingerprint density at radius 1 is 1.04 bits per heavy atom. The summed E-state index contributed by atoms with van der Waals surface area (Å²) in [6.45, 7) is 0.795. The lowest BCUT2D eigenvalue weighted by molar-refractivity contribution is 0.281. The van der Waals surface area contributed by atoms with E-state index < -0.39 is 0 Å². The van der Waals surface area contributed by atoms with Gasteiger partial charge in [-0.05, 0) is 24.3 Å². The Morgan fingerprint density at radius 2 is 1.81 bits per heavy atom. The van der Waals surface area contributed by atoms with Crippen molar-refractivity contribution in [1.82, 2.24) is 4.98 Å². The summed E-state index contributed by atoms with van der Waals surface area (Å²) in [4.78, 5) is 6.36. The highest BCUT2D eigenvalue weighted by atomic mass is 32.1. The fourth-order valence-corrected chi connectivity index (χ4v) is 3.43. The zero-order chi connectivity index (χ0) is 18.4. The first-order valence-corrected chi connectivity index (χ1v) is 8.99. The van der Waals surface area contributed by atoms with E-state index in [4.69, 9.17) is 4.74 Å². The van der Waals surface area contributed by atoms with E-state index in [1.807, 2.05) is 47.4 Å². The van der Waals surface area contributed by atoms with Crippen LogP contribution >= 0.6 is 11.3 Å². The predicted octanol–water partition coefficient (Wildman–Crippen LogP) is 3.51. The Kier molecular flexibility index (Phi) is 6.11. The number of hydrogen-bond acceptors (Lipinski definition) is 8. The van der Waals surface area contributed by atoms with Crippen molar-refractivity contribution in [2.24, 2.45) is 10.2 Å². The van der Waals surface area contributed by atoms with Gasteiger partial charge in [-0.25, -0.2) is 4.98 Å². The molecule has 0 saturated carbocycles. The highest BCUT2D eigenvalue weighted by molar-refractivity contribution is 7.22. The number of fused-ring (bicyclic) bond motifs is 1. The molecule has 0 aliphatic heterocycles. The molecule has 0 saturated heterocycles. The highest BCUT2D eigenvalue weighted by Crippen LogP contribution is 2.35. The molecule has 1 heterocycles. The molecule has 7 nitrogen and oxygen atoms in total. The Hall–Kier alpha value is -2.55. The Morgan fingerprint density at radius 3 is 2.54 bits per heavy atom. The third-order valence-electron chi connectivity index (χ3n) is 3.80. The summed E-state index contributed by atoms with van der Waals surface area (Å²) >= 11 is 1.44. The van der Waals surface area contributed by atoms with Gasteiger partial charge in [0.05, 0.1) is 30.7 Å². The summed E-state index contributed by atoms with van der Waals surface area (Å²) in [6, 6.07) is 13.2. The van der Waals surface area contributed by atoms with Gasteiger partial charge in [0.1, 0.15) is 17.0 Å². The number of azo groups is 1. The Balaban J connectivity index is 1.91. The van der Waals surface area contributed by atoms with Crippen LogP contribution in [0, 0.1) is 0 Å². The fourth-order valence-electron chi connectivity index (χ4n) is 2.63. The first-order chi connectivity index (χ1) is 12.8. The maximum atomic E-state index is 9.26. The monoisotopic (exact) mass is 372 g/mol. The lowest BCUT2D eigenvalue weighted by Crippen LogP contribution is -2.29. The molecule has 0 bridgehead atoms. The van der Waals surface area contributed by atoms with Gasteiger partial charge in [0.15, 0.2) is 0 Å². The second-order valence-corrected chi connectivity index (χ2v) is 6.44. The van der Waals surface area contributed by atoms with Gasteiger partial charge in [-0.15, -0.1) is 10.2 Å². The summed E-state index contributed by atoms with van der Waals surface area (Å²) in [5.41, 5.74) is 2.23. The van der Waals surface area contributed by atoms with Crippen molar-refractivity contribution in [2.75, 3.05) is 38.3 Å². The van der Waals surface area contributed by atoms with Gasteiger partial charge < -0.3 is 19.8 Å². The molecule has 3 aromatic rings. The number of aromatic nitrogens is 1. The van der Waals surface area contributed by atoms with Crippen LogP contribution in [-0.2, 0) is 0 Å². The fraction of sp³-hybridized carbons (Fsp3) is 0.278. The number of ether oxygens (including phenoxy) is 1. The van der Waals surface area contributed by atoms with Gasteiger partial charge in [0.2, 0.25) is 5.13 Å². The van der Waals surface area contributed by atoms with Crippen molar-refractivity contribution < 1.29 is 14.9 Å². The minimum absolute atomic E-state index is 0.0108. The zero-order valence-corrected chi connectivity index (χ0v) is 15.2. The molecule has 2 N–H and O–H groups in total. The van der Waals surface area contributed by atoms with Crippen molar-refractivity contribution in [3.05, 3.63) is 42.5 Å². The third-order valence-corrected chi connectivity index (χ3v) is 4.70. The molecule has 0 spiro atoms. The maximum Gasteiger partial charge on any atom is 0.231 e. The first-order valence-electron chi connectivity index (χ1n) is 8.17. The molecule has 26 heavy (non-hydrogen) atoms. The minimum Gasteiger partial charge on any atom is -0.494 e. The van der Waals surface area contributed by atoms with Crippen LogP contribution in [0.15, 0.2) is 52.7 Å². The molecule has 0 fully saturated rings. The molecule has 8 heteroatoms. The second-order valence-electron chi connectivity index (χ2n) is 5.43. The maximum absolute atomic E-state index is 9.26. The van der Waals surface area contributed by atoms with E-state index in [0.29, 0.717) is 29.7 Å². The molecule has 1 aromatic heterocycles. The van der Waals surface area contributed by atoms with Crippen molar-refractivity contribution in [1.29, 1.82) is 0 Å². The molecule has 0 unspecified atom stereocenters. The zero-order valence-electron chi connectivity index (χ0n) is 14.4. The van der Waals surface area contributed by atoms with Crippen LogP contribution in [0.1, 0.15) is 0 Å². The van der Waals surface area contributed by atoms with E-state index in [9.17, 15) is 10.2 Å². The lowest BCUT2D eigenvalue weighted by Gasteiger charge is -2.23. The van der Waals surface area contributed by atoms with Crippen molar-refractivity contribution in [3.8, 4) is 5.75 Å². The van der Waals surface area contributed by atoms with Gasteiger partial charge in [-0.3, -0.25) is 0 Å². The number of rotatable bonds is 8. The van der Waals surface area contributed by atoms with Gasteiger partial charge >= 0.3 is 0 Å². The Labute approximate surface area is 155 Å². The molecule has 0 aliphatic rings. The normalized spacial score (nSPS) is 11.3. The highest BCUT2D eigenvalue weighted by Gasteiger charge is 2.11. The van der Waals surface area contributed by atoms with Crippen LogP contribution in [0.4, 0.5) is 16.5 Å². The molecule has 0 atom stereocenters. The summed E-state index contributed by atoms with van der Waals surface area (Å²) in [6.07, 6.45) is 0. The van der Waals surface area contributed by atoms with Crippen LogP contribution in [0.2, 0.25) is 0 Å². The minimum atomic E-state index is -0.0108. The number of aliphatic hydroxyl groups excluding tert-OH is 2. The standard InChI is InChI=1S/C18H20N4O3S/c1-25-15-7-4-8-16-17(15)19-18(26-16)21-20-13-5-2-3-6-14(13)22(9-11-23)10-12-24/h2-8,23-24H,9-12H2,1H3. The number of thiazole rings is 1. The smallest absolute Gasteiger partial charge is 0.231 e. The summed E-state index contributed by atoms with van der Waals surface area (Å²) < 4.78 is 6.31. The average molecular weight is 372 g/mol. The molecule has 136 valence electrons. The molecule has 0 amide bonds. The van der Waals surface area contributed by atoms with Gasteiger partial charge in [-0.1, -0.05) is 29.5 Å². The van der Waals surface area contributed by atoms with E-state index in [1.54, 1.807) is 7.11 Å². The van der Waals surface area contributed by atoms with Crippen LogP contribution in [0.5, 0.6) is 5.75 Å². The summed E-state index contributed by atoms with van der Waals surface area (Å²) in [5.74, 6) is 0.706. The topological polar surface area (TPSA) is 90.5 Å². The number of methoxy groups -OCH3 is 1. The van der Waals surface area contributed by atoms with Gasteiger partial charge in [0, 0.05) is 13.1 Å². The number of anilines is 1. The molecule has 3 rings (SSSR count). The lowest BCUT2D eigenvalue weighted by atomic mass is 10.2. The number of aliphatic hydroxyl groups is 2. The van der Waals surface area contributed by atoms with E-state index in [1.165, 1.54) is 11.3 Å². The summed E-state index contributed by atoms with van der Waals surface area (Å²) in [5, 5.41) is 27.7. The third kappa shape index (κ3) is 3.98. The number of para-hydroxylation sites is 2. The van der Waals surface area contributed by atoms with E-state index in [-0.39, 0.29) is 13.2 Å². The molecular formula is C18H20N4O3S. The van der Waals surface area contributed by atoms with E-state index >= 15 is 0 Å². The quantitative estimate of drug-likeness (QED) is 0.591. The van der Waals surface area contributed by atoms with E-state index in [0.717, 1.165) is 15.9 Å². The molecule has 0 aliphatic carbocycles. The average Bonchev–Trinajstić information content (AvgIpc) is 3.09. The van der Waals surface area contributed by atoms with Crippen LogP contribution in [-0.4, -0.2) is 48.6 Å². The number of hydrogen-bond donors (Lipinski definition) is 2. The molecular weight excluding hydrogens is 352 g/mol. The van der Waals surface area contributed by atoms with Crippen LogP contribution in [0.25, 0.3) is 10.2 Å². The molecule has 0 radical (unpaired) electrons. The first kappa shape index (κ1) is 18.2. The van der Waals surface area contributed by atoms with Crippen LogP contribution < -0.4 is 9.64 Å². The van der Waals surface area contributed by atoms with Crippen molar-refractivity contribution in [3.63, 3.8) is 0 Å². The number of benzene rings is 2. The predicted molar refractivity (Wildman–Crippen MR) is 103 cm³/mol. The van der Waals surface area contributed by atoms with Crippen LogP contribution in [0.3, 0.4) is 0 Å². The number of nitrogens with zero attached hydrogens (tertiary/aromatic N) is 4.